The summed E-state index contributed by atoms with van der Waals surface area (Å²) in [5.74, 6) is -0.605. The summed E-state index contributed by atoms with van der Waals surface area (Å²) >= 11 is 12.0. The summed E-state index contributed by atoms with van der Waals surface area (Å²) in [6.45, 7) is 0. The van der Waals surface area contributed by atoms with Crippen LogP contribution in [0.4, 0.5) is 5.69 Å². The fourth-order valence-corrected chi connectivity index (χ4v) is 2.41. The largest absolute Gasteiger partial charge is 0.467 e. The predicted molar refractivity (Wildman–Crippen MR) is 69.0 cm³/mol. The van der Waals surface area contributed by atoms with E-state index in [1.165, 1.54) is 12.0 Å². The normalized spacial score (nSPS) is 19.2. The van der Waals surface area contributed by atoms with Gasteiger partial charge in [0.25, 0.3) is 0 Å². The highest BCUT2D eigenvalue weighted by Crippen LogP contribution is 2.36. The number of esters is 1. The maximum Gasteiger partial charge on any atom is 0.328 e. The van der Waals surface area contributed by atoms with E-state index in [0.717, 1.165) is 0 Å². The van der Waals surface area contributed by atoms with Crippen LogP contribution in [0.25, 0.3) is 0 Å². The van der Waals surface area contributed by atoms with Gasteiger partial charge < -0.3 is 4.74 Å². The van der Waals surface area contributed by atoms with Crippen molar-refractivity contribution in [3.63, 3.8) is 0 Å². The first-order valence-electron chi connectivity index (χ1n) is 5.40. The number of nitrogens with zero attached hydrogens (tertiary/aromatic N) is 1. The van der Waals surface area contributed by atoms with Gasteiger partial charge in [-0.15, -0.1) is 0 Å². The zero-order valence-corrected chi connectivity index (χ0v) is 11.2. The molecule has 0 N–H and O–H groups in total. The number of halogens is 2. The number of benzene rings is 1. The van der Waals surface area contributed by atoms with Crippen LogP contribution in [0.2, 0.25) is 10.0 Å². The third kappa shape index (κ3) is 2.18. The van der Waals surface area contributed by atoms with E-state index in [1.807, 2.05) is 0 Å². The zero-order chi connectivity index (χ0) is 13.3. The Morgan fingerprint density at radius 2 is 2.17 bits per heavy atom. The van der Waals surface area contributed by atoms with Crippen LogP contribution in [0.15, 0.2) is 18.2 Å². The van der Waals surface area contributed by atoms with Gasteiger partial charge in [0, 0.05) is 6.42 Å². The van der Waals surface area contributed by atoms with Gasteiger partial charge in [-0.25, -0.2) is 4.79 Å². The quantitative estimate of drug-likeness (QED) is 0.786. The van der Waals surface area contributed by atoms with Crippen LogP contribution < -0.4 is 4.90 Å². The van der Waals surface area contributed by atoms with Crippen LogP contribution in [0.1, 0.15) is 12.8 Å². The van der Waals surface area contributed by atoms with E-state index in [0.29, 0.717) is 23.6 Å². The molecule has 0 saturated carbocycles. The molecule has 0 bridgehead atoms. The summed E-state index contributed by atoms with van der Waals surface area (Å²) < 4.78 is 4.70. The molecule has 1 amide bonds. The minimum atomic E-state index is -0.626. The molecule has 0 aromatic heterocycles. The first-order chi connectivity index (χ1) is 8.56. The number of carbonyl (C=O) groups excluding carboxylic acids is 2. The second-order valence-electron chi connectivity index (χ2n) is 3.91. The smallest absolute Gasteiger partial charge is 0.328 e. The van der Waals surface area contributed by atoms with Gasteiger partial charge >= 0.3 is 5.97 Å². The maximum absolute atomic E-state index is 11.9. The van der Waals surface area contributed by atoms with Gasteiger partial charge in [-0.2, -0.15) is 0 Å². The Morgan fingerprint density at radius 3 is 2.83 bits per heavy atom. The third-order valence-corrected chi connectivity index (χ3v) is 3.68. The monoisotopic (exact) mass is 287 g/mol. The van der Waals surface area contributed by atoms with Gasteiger partial charge in [0.05, 0.1) is 22.8 Å². The Hall–Kier alpha value is -1.26. The van der Waals surface area contributed by atoms with Gasteiger partial charge in [-0.3, -0.25) is 9.69 Å². The van der Waals surface area contributed by atoms with Gasteiger partial charge in [-0.1, -0.05) is 29.3 Å². The van der Waals surface area contributed by atoms with Crippen LogP contribution in [0.5, 0.6) is 0 Å². The van der Waals surface area contributed by atoms with E-state index >= 15 is 0 Å². The third-order valence-electron chi connectivity index (χ3n) is 2.88. The summed E-state index contributed by atoms with van der Waals surface area (Å²) in [7, 11) is 1.29. The van der Waals surface area contributed by atoms with Crippen molar-refractivity contribution in [3.8, 4) is 0 Å². The molecule has 6 heteroatoms. The minimum Gasteiger partial charge on any atom is -0.467 e. The fourth-order valence-electron chi connectivity index (χ4n) is 2.02. The van der Waals surface area contributed by atoms with Gasteiger partial charge in [0.15, 0.2) is 0 Å². The number of hydrogen-bond donors (Lipinski definition) is 0. The lowest BCUT2D eigenvalue weighted by Gasteiger charge is -2.24. The van der Waals surface area contributed by atoms with Gasteiger partial charge in [0.2, 0.25) is 5.91 Å². The number of methoxy groups -OCH3 is 1. The average Bonchev–Trinajstić information content (AvgIpc) is 2.74. The first-order valence-corrected chi connectivity index (χ1v) is 6.15. The van der Waals surface area contributed by atoms with Crippen LogP contribution in [-0.2, 0) is 14.3 Å². The molecule has 4 nitrogen and oxygen atoms in total. The number of carbonyl (C=O) groups is 2. The highest BCUT2D eigenvalue weighted by atomic mass is 35.5. The van der Waals surface area contributed by atoms with Gasteiger partial charge in [-0.05, 0) is 18.6 Å². The molecule has 1 aliphatic rings. The van der Waals surface area contributed by atoms with Crippen LogP contribution in [0, 0.1) is 0 Å². The zero-order valence-electron chi connectivity index (χ0n) is 9.65. The molecule has 1 saturated heterocycles. The maximum atomic E-state index is 11.9. The number of hydrogen-bond acceptors (Lipinski definition) is 3. The van der Waals surface area contributed by atoms with Gasteiger partial charge in [0.1, 0.15) is 6.04 Å². The van der Waals surface area contributed by atoms with Crippen molar-refractivity contribution < 1.29 is 14.3 Å². The van der Waals surface area contributed by atoms with Crippen LogP contribution in [0.3, 0.4) is 0 Å². The molecule has 2 rings (SSSR count). The molecule has 0 radical (unpaired) electrons. The number of amides is 1. The van der Waals surface area contributed by atoms with Crippen LogP contribution in [-0.4, -0.2) is 25.0 Å². The molecule has 1 heterocycles. The summed E-state index contributed by atoms with van der Waals surface area (Å²) in [6.07, 6.45) is 0.719. The summed E-state index contributed by atoms with van der Waals surface area (Å²) in [4.78, 5) is 24.9. The molecule has 96 valence electrons. The molecule has 1 atom stereocenters. The average molecular weight is 288 g/mol. The van der Waals surface area contributed by atoms with Crippen molar-refractivity contribution >= 4 is 40.8 Å². The van der Waals surface area contributed by atoms with E-state index in [1.54, 1.807) is 18.2 Å². The number of anilines is 1. The molecule has 0 spiro atoms. The summed E-state index contributed by atoms with van der Waals surface area (Å²) in [5, 5.41) is 0.612. The van der Waals surface area contributed by atoms with E-state index in [9.17, 15) is 9.59 Å². The Bertz CT molecular complexity index is 504. The second-order valence-corrected chi connectivity index (χ2v) is 4.70. The van der Waals surface area contributed by atoms with E-state index in [4.69, 9.17) is 27.9 Å². The predicted octanol–water partition coefficient (Wildman–Crippen LogP) is 2.66. The molecule has 0 aliphatic carbocycles. The van der Waals surface area contributed by atoms with E-state index < -0.39 is 12.0 Å². The fraction of sp³-hybridized carbons (Fsp3) is 0.333. The highest BCUT2D eigenvalue weighted by Gasteiger charge is 2.38. The van der Waals surface area contributed by atoms with E-state index in [2.05, 4.69) is 0 Å². The summed E-state index contributed by atoms with van der Waals surface area (Å²) in [6, 6.07) is 4.34. The molecule has 1 aromatic carbocycles. The minimum absolute atomic E-state index is 0.158. The van der Waals surface area contributed by atoms with Crippen molar-refractivity contribution in [2.24, 2.45) is 0 Å². The molecule has 18 heavy (non-hydrogen) atoms. The van der Waals surface area contributed by atoms with Crippen LogP contribution >= 0.6 is 23.2 Å². The van der Waals surface area contributed by atoms with Crippen molar-refractivity contribution in [1.29, 1.82) is 0 Å². The number of ether oxygens (including phenoxy) is 1. The molecule has 1 fully saturated rings. The molecular weight excluding hydrogens is 277 g/mol. The van der Waals surface area contributed by atoms with Crippen molar-refractivity contribution in [2.45, 2.75) is 18.9 Å². The Labute approximate surface area is 114 Å². The Kier molecular flexibility index (Phi) is 3.78. The number of rotatable bonds is 2. The topological polar surface area (TPSA) is 46.6 Å². The lowest BCUT2D eigenvalue weighted by Crippen LogP contribution is -2.39. The first kappa shape index (κ1) is 13.2. The Balaban J connectivity index is 2.43. The highest BCUT2D eigenvalue weighted by molar-refractivity contribution is 6.44. The lowest BCUT2D eigenvalue weighted by atomic mass is 10.2. The summed E-state index contributed by atoms with van der Waals surface area (Å²) in [5.41, 5.74) is 0.446. The van der Waals surface area contributed by atoms with E-state index in [-0.39, 0.29) is 10.9 Å². The molecule has 1 unspecified atom stereocenters. The molecule has 1 aromatic rings. The van der Waals surface area contributed by atoms with Crippen molar-refractivity contribution in [2.75, 3.05) is 12.0 Å². The standard InChI is InChI=1S/C12H11Cl2NO3/c1-18-12(17)9-5-6-10(16)15(9)8-4-2-3-7(13)11(8)14/h2-4,9H,5-6H2,1H3. The molecular formula is C12H11Cl2NO3. The molecule has 1 aliphatic heterocycles. The Morgan fingerprint density at radius 1 is 1.44 bits per heavy atom. The van der Waals surface area contributed by atoms with Crippen molar-refractivity contribution in [1.82, 2.24) is 0 Å². The SMILES string of the molecule is COC(=O)C1CCC(=O)N1c1cccc(Cl)c1Cl. The second kappa shape index (κ2) is 5.16. The lowest BCUT2D eigenvalue weighted by molar-refractivity contribution is -0.142. The van der Waals surface area contributed by atoms with Crippen molar-refractivity contribution in [3.05, 3.63) is 28.2 Å².